The standard InChI is InChI=1S/C9H12FN3O4/c10-4-1-5(9(15)7(14)3-11)8(12)6(2-4)13(16)17/h1-2,7,9,14-15H,3,11-12H2. The maximum Gasteiger partial charge on any atom is 0.295 e. The van der Waals surface area contributed by atoms with Crippen molar-refractivity contribution in [2.24, 2.45) is 5.73 Å². The highest BCUT2D eigenvalue weighted by Crippen LogP contribution is 2.32. The smallest absolute Gasteiger partial charge is 0.295 e. The van der Waals surface area contributed by atoms with E-state index in [1.165, 1.54) is 0 Å². The number of anilines is 1. The third-order valence-electron chi connectivity index (χ3n) is 2.28. The summed E-state index contributed by atoms with van der Waals surface area (Å²) in [7, 11) is 0. The molecule has 0 bridgehead atoms. The van der Waals surface area contributed by atoms with Crippen LogP contribution in [0.2, 0.25) is 0 Å². The topological polar surface area (TPSA) is 136 Å². The van der Waals surface area contributed by atoms with E-state index in [4.69, 9.17) is 11.5 Å². The van der Waals surface area contributed by atoms with E-state index in [-0.39, 0.29) is 12.1 Å². The summed E-state index contributed by atoms with van der Waals surface area (Å²) in [6.07, 6.45) is -2.95. The molecule has 7 nitrogen and oxygen atoms in total. The molecule has 6 N–H and O–H groups in total. The van der Waals surface area contributed by atoms with E-state index < -0.39 is 34.3 Å². The number of nitro benzene ring substituents is 1. The second-order valence-electron chi connectivity index (χ2n) is 3.43. The Morgan fingerprint density at radius 2 is 2.06 bits per heavy atom. The first-order chi connectivity index (χ1) is 7.88. The fourth-order valence-corrected chi connectivity index (χ4v) is 1.36. The average molecular weight is 245 g/mol. The Hall–Kier alpha value is -1.77. The van der Waals surface area contributed by atoms with Gasteiger partial charge in [0, 0.05) is 12.1 Å². The third-order valence-corrected chi connectivity index (χ3v) is 2.28. The number of hydrogen-bond acceptors (Lipinski definition) is 6. The molecule has 0 aliphatic heterocycles. The van der Waals surface area contributed by atoms with Gasteiger partial charge in [0.2, 0.25) is 0 Å². The lowest BCUT2D eigenvalue weighted by Crippen LogP contribution is -2.28. The Balaban J connectivity index is 3.29. The summed E-state index contributed by atoms with van der Waals surface area (Å²) in [5, 5.41) is 29.5. The van der Waals surface area contributed by atoms with E-state index in [0.717, 1.165) is 6.07 Å². The van der Waals surface area contributed by atoms with Gasteiger partial charge in [0.1, 0.15) is 17.6 Å². The van der Waals surface area contributed by atoms with Crippen LogP contribution in [-0.2, 0) is 0 Å². The predicted octanol–water partition coefficient (Wildman–Crippen LogP) is -0.331. The van der Waals surface area contributed by atoms with Crippen molar-refractivity contribution in [1.29, 1.82) is 0 Å². The van der Waals surface area contributed by atoms with Crippen molar-refractivity contribution in [1.82, 2.24) is 0 Å². The SMILES string of the molecule is NCC(O)C(O)c1cc(F)cc([N+](=O)[O-])c1N. The second kappa shape index (κ2) is 5.04. The number of rotatable bonds is 4. The van der Waals surface area contributed by atoms with Gasteiger partial charge in [0.25, 0.3) is 5.69 Å². The van der Waals surface area contributed by atoms with E-state index in [1.807, 2.05) is 0 Å². The lowest BCUT2D eigenvalue weighted by atomic mass is 10.0. The highest BCUT2D eigenvalue weighted by atomic mass is 19.1. The van der Waals surface area contributed by atoms with Crippen molar-refractivity contribution in [3.63, 3.8) is 0 Å². The number of nitrogen functional groups attached to an aromatic ring is 1. The Kier molecular flexibility index (Phi) is 3.94. The quantitative estimate of drug-likeness (QED) is 0.326. The molecule has 17 heavy (non-hydrogen) atoms. The lowest BCUT2D eigenvalue weighted by Gasteiger charge is -2.18. The molecule has 2 atom stereocenters. The number of aliphatic hydroxyl groups excluding tert-OH is 2. The number of nitro groups is 1. The Morgan fingerprint density at radius 3 is 2.53 bits per heavy atom. The highest BCUT2D eigenvalue weighted by molar-refractivity contribution is 5.64. The monoisotopic (exact) mass is 245 g/mol. The van der Waals surface area contributed by atoms with E-state index in [1.54, 1.807) is 0 Å². The zero-order valence-corrected chi connectivity index (χ0v) is 8.71. The van der Waals surface area contributed by atoms with Crippen LogP contribution in [0, 0.1) is 15.9 Å². The zero-order chi connectivity index (χ0) is 13.2. The zero-order valence-electron chi connectivity index (χ0n) is 8.71. The van der Waals surface area contributed by atoms with E-state index in [2.05, 4.69) is 0 Å². The minimum absolute atomic E-state index is 0.255. The minimum Gasteiger partial charge on any atom is -0.393 e. The van der Waals surface area contributed by atoms with Crippen molar-refractivity contribution in [3.8, 4) is 0 Å². The molecule has 0 aromatic heterocycles. The summed E-state index contributed by atoms with van der Waals surface area (Å²) < 4.78 is 13.1. The number of aliphatic hydroxyl groups is 2. The van der Waals surface area contributed by atoms with Gasteiger partial charge < -0.3 is 21.7 Å². The summed E-state index contributed by atoms with van der Waals surface area (Å²) in [5.74, 6) is -0.927. The van der Waals surface area contributed by atoms with Gasteiger partial charge in [-0.05, 0) is 6.07 Å². The van der Waals surface area contributed by atoms with Crippen LogP contribution < -0.4 is 11.5 Å². The predicted molar refractivity (Wildman–Crippen MR) is 57.5 cm³/mol. The van der Waals surface area contributed by atoms with Crippen LogP contribution in [0.5, 0.6) is 0 Å². The molecule has 0 radical (unpaired) electrons. The summed E-state index contributed by atoms with van der Waals surface area (Å²) >= 11 is 0. The van der Waals surface area contributed by atoms with Gasteiger partial charge in [-0.15, -0.1) is 0 Å². The summed E-state index contributed by atoms with van der Waals surface area (Å²) in [5.41, 5.74) is 9.23. The van der Waals surface area contributed by atoms with Gasteiger partial charge in [-0.1, -0.05) is 0 Å². The van der Waals surface area contributed by atoms with Gasteiger partial charge in [0.05, 0.1) is 17.1 Å². The van der Waals surface area contributed by atoms with Crippen molar-refractivity contribution >= 4 is 11.4 Å². The molecular formula is C9H12FN3O4. The lowest BCUT2D eigenvalue weighted by molar-refractivity contribution is -0.384. The molecule has 0 saturated heterocycles. The van der Waals surface area contributed by atoms with E-state index in [0.29, 0.717) is 6.07 Å². The number of benzene rings is 1. The highest BCUT2D eigenvalue weighted by Gasteiger charge is 2.25. The van der Waals surface area contributed by atoms with Crippen LogP contribution in [0.15, 0.2) is 12.1 Å². The molecule has 1 aromatic carbocycles. The largest absolute Gasteiger partial charge is 0.393 e. The van der Waals surface area contributed by atoms with Crippen molar-refractivity contribution in [3.05, 3.63) is 33.6 Å². The molecule has 0 aliphatic rings. The maximum absolute atomic E-state index is 13.1. The third kappa shape index (κ3) is 2.67. The van der Waals surface area contributed by atoms with Gasteiger partial charge >= 0.3 is 0 Å². The molecule has 0 aliphatic carbocycles. The first kappa shape index (κ1) is 13.3. The molecule has 8 heteroatoms. The van der Waals surface area contributed by atoms with Crippen LogP contribution in [0.4, 0.5) is 15.8 Å². The summed E-state index contributed by atoms with van der Waals surface area (Å²) in [6.45, 7) is -0.287. The molecule has 0 fully saturated rings. The number of nitrogens with two attached hydrogens (primary N) is 2. The number of nitrogens with zero attached hydrogens (tertiary/aromatic N) is 1. The van der Waals surface area contributed by atoms with Crippen LogP contribution in [0.25, 0.3) is 0 Å². The van der Waals surface area contributed by atoms with Crippen molar-refractivity contribution < 1.29 is 19.5 Å². The van der Waals surface area contributed by atoms with Crippen molar-refractivity contribution in [2.45, 2.75) is 12.2 Å². The molecule has 1 aromatic rings. The molecule has 2 unspecified atom stereocenters. The van der Waals surface area contributed by atoms with Crippen molar-refractivity contribution in [2.75, 3.05) is 12.3 Å². The summed E-state index contributed by atoms with van der Waals surface area (Å²) in [4.78, 5) is 9.71. The second-order valence-corrected chi connectivity index (χ2v) is 3.43. The maximum atomic E-state index is 13.1. The first-order valence-electron chi connectivity index (χ1n) is 4.68. The van der Waals surface area contributed by atoms with Crippen LogP contribution in [0.1, 0.15) is 11.7 Å². The Bertz CT molecular complexity index is 440. The Morgan fingerprint density at radius 1 is 1.47 bits per heavy atom. The first-order valence-corrected chi connectivity index (χ1v) is 4.68. The molecule has 0 amide bonds. The Labute approximate surface area is 95.6 Å². The van der Waals surface area contributed by atoms with Gasteiger partial charge in [-0.3, -0.25) is 10.1 Å². The average Bonchev–Trinajstić information content (AvgIpc) is 2.29. The number of halogens is 1. The summed E-state index contributed by atoms with van der Waals surface area (Å²) in [6, 6.07) is 1.46. The molecule has 1 rings (SSSR count). The van der Waals surface area contributed by atoms with Gasteiger partial charge in [0.15, 0.2) is 0 Å². The molecule has 0 saturated carbocycles. The van der Waals surface area contributed by atoms with Crippen LogP contribution in [-0.4, -0.2) is 27.8 Å². The molecule has 0 spiro atoms. The van der Waals surface area contributed by atoms with E-state index in [9.17, 15) is 24.7 Å². The van der Waals surface area contributed by atoms with E-state index >= 15 is 0 Å². The molecular weight excluding hydrogens is 233 g/mol. The van der Waals surface area contributed by atoms with Crippen LogP contribution in [0.3, 0.4) is 0 Å². The fraction of sp³-hybridized carbons (Fsp3) is 0.333. The number of hydrogen-bond donors (Lipinski definition) is 4. The molecule has 0 heterocycles. The van der Waals surface area contributed by atoms with Crippen LogP contribution >= 0.6 is 0 Å². The minimum atomic E-state index is -1.57. The normalized spacial score (nSPS) is 14.4. The van der Waals surface area contributed by atoms with Gasteiger partial charge in [-0.25, -0.2) is 4.39 Å². The molecule has 94 valence electrons. The van der Waals surface area contributed by atoms with Gasteiger partial charge in [-0.2, -0.15) is 0 Å². The fourth-order valence-electron chi connectivity index (χ4n) is 1.36.